The molecule has 2 N–H and O–H groups in total. The standard InChI is InChI=1S/C28H36O4/c1-26(2,3)17-7-5-16(6-8-17)20-15-27(4)22(13-23(30)25(27)31)19-11-12-28(32)14-18(29)9-10-21(28)24(19)20/h5-8,19-20,22-23,30,32H,9-15H2,1-4H3/t19-,20+,22-,23+,27-,28+/m0/s1. The molecule has 0 bridgehead atoms. The Balaban J connectivity index is 1.66. The number of rotatable bonds is 1. The SMILES string of the molecule is CC(C)(C)c1ccc([C@H]2C[C@]3(C)C(=O)[C@H](O)C[C@H]3[C@@H]3CC[C@@]4(O)CC(=O)CCC4=C32)cc1. The lowest BCUT2D eigenvalue weighted by molar-refractivity contribution is -0.134. The summed E-state index contributed by atoms with van der Waals surface area (Å²) in [5.74, 6) is 0.473. The number of carbonyl (C=O) groups is 2. The number of aliphatic hydroxyl groups is 2. The van der Waals surface area contributed by atoms with Gasteiger partial charge >= 0.3 is 0 Å². The summed E-state index contributed by atoms with van der Waals surface area (Å²) in [6.45, 7) is 8.66. The van der Waals surface area contributed by atoms with Crippen LogP contribution in [0.25, 0.3) is 0 Å². The quantitative estimate of drug-likeness (QED) is 0.630. The number of fused-ring (bicyclic) bond motifs is 4. The van der Waals surface area contributed by atoms with Crippen molar-refractivity contribution < 1.29 is 19.8 Å². The molecule has 4 aliphatic carbocycles. The van der Waals surface area contributed by atoms with Gasteiger partial charge in [-0.3, -0.25) is 9.59 Å². The average Bonchev–Trinajstić information content (AvgIpc) is 2.95. The van der Waals surface area contributed by atoms with E-state index in [0.717, 1.165) is 12.0 Å². The lowest BCUT2D eigenvalue weighted by Gasteiger charge is -2.53. The molecule has 1 aromatic rings. The molecule has 5 rings (SSSR count). The van der Waals surface area contributed by atoms with Crippen molar-refractivity contribution in [2.24, 2.45) is 17.3 Å². The number of benzene rings is 1. The van der Waals surface area contributed by atoms with Gasteiger partial charge in [-0.25, -0.2) is 0 Å². The van der Waals surface area contributed by atoms with Gasteiger partial charge in [0.2, 0.25) is 0 Å². The summed E-state index contributed by atoms with van der Waals surface area (Å²) in [6, 6.07) is 8.76. The summed E-state index contributed by atoms with van der Waals surface area (Å²) < 4.78 is 0. The van der Waals surface area contributed by atoms with Gasteiger partial charge in [0.25, 0.3) is 0 Å². The van der Waals surface area contributed by atoms with Gasteiger partial charge in [0.1, 0.15) is 11.9 Å². The van der Waals surface area contributed by atoms with Crippen molar-refractivity contribution in [3.05, 3.63) is 46.5 Å². The molecule has 1 aromatic carbocycles. The fraction of sp³-hybridized carbons (Fsp3) is 0.643. The molecule has 6 atom stereocenters. The molecule has 3 fully saturated rings. The van der Waals surface area contributed by atoms with Crippen LogP contribution in [0.4, 0.5) is 0 Å². The maximum atomic E-state index is 13.1. The summed E-state index contributed by atoms with van der Waals surface area (Å²) in [5, 5.41) is 22.1. The second kappa shape index (κ2) is 7.11. The third-order valence-electron chi connectivity index (χ3n) is 9.15. The molecule has 0 heterocycles. The third-order valence-corrected chi connectivity index (χ3v) is 9.15. The largest absolute Gasteiger partial charge is 0.385 e. The van der Waals surface area contributed by atoms with Crippen LogP contribution in [0, 0.1) is 17.3 Å². The minimum atomic E-state index is -1.03. The van der Waals surface area contributed by atoms with Crippen molar-refractivity contribution in [2.75, 3.05) is 0 Å². The Morgan fingerprint density at radius 2 is 1.75 bits per heavy atom. The summed E-state index contributed by atoms with van der Waals surface area (Å²) in [5.41, 5.74) is 3.29. The molecule has 4 heteroatoms. The molecular formula is C28H36O4. The highest BCUT2D eigenvalue weighted by Gasteiger charge is 2.61. The maximum Gasteiger partial charge on any atom is 0.167 e. The number of allylic oxidation sites excluding steroid dienone is 1. The first-order chi connectivity index (χ1) is 14.9. The predicted molar refractivity (Wildman–Crippen MR) is 123 cm³/mol. The first kappa shape index (κ1) is 22.0. The van der Waals surface area contributed by atoms with E-state index in [9.17, 15) is 19.8 Å². The molecule has 0 aromatic heterocycles. The fourth-order valence-electron chi connectivity index (χ4n) is 7.41. The van der Waals surface area contributed by atoms with Gasteiger partial charge < -0.3 is 10.2 Å². The van der Waals surface area contributed by atoms with E-state index in [-0.39, 0.29) is 41.2 Å². The van der Waals surface area contributed by atoms with Crippen LogP contribution in [0.3, 0.4) is 0 Å². The van der Waals surface area contributed by atoms with E-state index >= 15 is 0 Å². The van der Waals surface area contributed by atoms with Gasteiger partial charge in [0, 0.05) is 24.2 Å². The summed E-state index contributed by atoms with van der Waals surface area (Å²) in [4.78, 5) is 25.4. The Bertz CT molecular complexity index is 997. The number of carbonyl (C=O) groups excluding carboxylic acids is 2. The van der Waals surface area contributed by atoms with Gasteiger partial charge in [0.15, 0.2) is 5.78 Å². The summed E-state index contributed by atoms with van der Waals surface area (Å²) in [6.07, 6.45) is 2.99. The van der Waals surface area contributed by atoms with E-state index in [1.807, 2.05) is 0 Å². The van der Waals surface area contributed by atoms with Crippen molar-refractivity contribution in [1.82, 2.24) is 0 Å². The predicted octanol–water partition coefficient (Wildman–Crippen LogP) is 4.62. The Morgan fingerprint density at radius 1 is 1.06 bits per heavy atom. The Labute approximate surface area is 191 Å². The maximum absolute atomic E-state index is 13.1. The zero-order chi connectivity index (χ0) is 23.1. The van der Waals surface area contributed by atoms with E-state index in [1.165, 1.54) is 16.7 Å². The Hall–Kier alpha value is -1.78. The highest BCUT2D eigenvalue weighted by molar-refractivity contribution is 5.91. The molecule has 0 spiro atoms. The monoisotopic (exact) mass is 436 g/mol. The van der Waals surface area contributed by atoms with E-state index in [4.69, 9.17) is 0 Å². The molecule has 3 saturated carbocycles. The first-order valence-corrected chi connectivity index (χ1v) is 12.2. The van der Waals surface area contributed by atoms with Crippen LogP contribution in [-0.2, 0) is 15.0 Å². The fourth-order valence-corrected chi connectivity index (χ4v) is 7.41. The topological polar surface area (TPSA) is 74.6 Å². The number of hydrogen-bond acceptors (Lipinski definition) is 4. The molecule has 0 unspecified atom stereocenters. The molecule has 0 radical (unpaired) electrons. The normalized spacial score (nSPS) is 39.6. The van der Waals surface area contributed by atoms with Crippen molar-refractivity contribution in [3.63, 3.8) is 0 Å². The van der Waals surface area contributed by atoms with Crippen LogP contribution in [-0.4, -0.2) is 33.5 Å². The van der Waals surface area contributed by atoms with Crippen LogP contribution in [0.5, 0.6) is 0 Å². The molecule has 0 amide bonds. The average molecular weight is 437 g/mol. The second-order valence-electron chi connectivity index (χ2n) is 12.1. The lowest BCUT2D eigenvalue weighted by Crippen LogP contribution is -2.49. The van der Waals surface area contributed by atoms with Crippen LogP contribution >= 0.6 is 0 Å². The zero-order valence-electron chi connectivity index (χ0n) is 19.8. The van der Waals surface area contributed by atoms with Gasteiger partial charge in [-0.15, -0.1) is 0 Å². The molecule has 0 aliphatic heterocycles. The van der Waals surface area contributed by atoms with E-state index in [2.05, 4.69) is 52.0 Å². The van der Waals surface area contributed by atoms with E-state index in [1.54, 1.807) is 0 Å². The number of hydrogen-bond donors (Lipinski definition) is 2. The molecule has 172 valence electrons. The third kappa shape index (κ3) is 3.17. The Kier molecular flexibility index (Phi) is 4.89. The van der Waals surface area contributed by atoms with Gasteiger partial charge in [-0.1, -0.05) is 57.5 Å². The highest BCUT2D eigenvalue weighted by atomic mass is 16.3. The smallest absolute Gasteiger partial charge is 0.167 e. The summed E-state index contributed by atoms with van der Waals surface area (Å²) in [7, 11) is 0. The van der Waals surface area contributed by atoms with Crippen LogP contribution < -0.4 is 0 Å². The van der Waals surface area contributed by atoms with Crippen LogP contribution in [0.15, 0.2) is 35.4 Å². The van der Waals surface area contributed by atoms with E-state index < -0.39 is 17.1 Å². The van der Waals surface area contributed by atoms with Gasteiger partial charge in [0.05, 0.1) is 5.60 Å². The first-order valence-electron chi connectivity index (χ1n) is 12.2. The van der Waals surface area contributed by atoms with Crippen molar-refractivity contribution in [2.45, 2.75) is 95.7 Å². The van der Waals surface area contributed by atoms with Crippen molar-refractivity contribution in [1.29, 1.82) is 0 Å². The molecule has 0 saturated heterocycles. The van der Waals surface area contributed by atoms with Gasteiger partial charge in [-0.05, 0) is 66.1 Å². The van der Waals surface area contributed by atoms with Gasteiger partial charge in [-0.2, -0.15) is 0 Å². The summed E-state index contributed by atoms with van der Waals surface area (Å²) >= 11 is 0. The number of Topliss-reactive ketones (excluding diaryl/α,β-unsaturated/α-hetero) is 2. The van der Waals surface area contributed by atoms with Crippen molar-refractivity contribution >= 4 is 11.6 Å². The second-order valence-corrected chi connectivity index (χ2v) is 12.1. The van der Waals surface area contributed by atoms with Crippen LogP contribution in [0.1, 0.15) is 89.7 Å². The Morgan fingerprint density at radius 3 is 2.41 bits per heavy atom. The number of ketones is 2. The zero-order valence-corrected chi connectivity index (χ0v) is 19.8. The molecular weight excluding hydrogens is 400 g/mol. The minimum Gasteiger partial charge on any atom is -0.385 e. The van der Waals surface area contributed by atoms with Crippen LogP contribution in [0.2, 0.25) is 0 Å². The molecule has 4 aliphatic rings. The highest BCUT2D eigenvalue weighted by Crippen LogP contribution is 2.63. The molecule has 4 nitrogen and oxygen atoms in total. The number of aliphatic hydroxyl groups excluding tert-OH is 1. The lowest BCUT2D eigenvalue weighted by atomic mass is 9.51. The van der Waals surface area contributed by atoms with E-state index in [0.29, 0.717) is 32.1 Å². The van der Waals surface area contributed by atoms with Crippen molar-refractivity contribution in [3.8, 4) is 0 Å². The molecule has 32 heavy (non-hydrogen) atoms. The minimum absolute atomic E-state index is 0.0116.